The minimum absolute atomic E-state index is 0.714. The normalized spacial score (nSPS) is 18.2. The Hall–Kier alpha value is -1.06. The second kappa shape index (κ2) is 8.28. The molecule has 1 atom stereocenters. The van der Waals surface area contributed by atoms with Crippen molar-refractivity contribution >= 4 is 5.69 Å². The monoisotopic (exact) mass is 275 g/mol. The van der Waals surface area contributed by atoms with Gasteiger partial charge in [-0.05, 0) is 45.0 Å². The molecule has 3 heteroatoms. The molecule has 1 aromatic carbocycles. The molecule has 3 nitrogen and oxygen atoms in total. The number of para-hydroxylation sites is 1. The number of anilines is 1. The fraction of sp³-hybridized carbons (Fsp3) is 0.647. The van der Waals surface area contributed by atoms with Crippen LogP contribution in [0.3, 0.4) is 0 Å². The highest BCUT2D eigenvalue weighted by Crippen LogP contribution is 2.17. The van der Waals surface area contributed by atoms with Gasteiger partial charge in [0.25, 0.3) is 0 Å². The van der Waals surface area contributed by atoms with Crippen molar-refractivity contribution in [2.75, 3.05) is 44.2 Å². The second-order valence-corrected chi connectivity index (χ2v) is 5.70. The van der Waals surface area contributed by atoms with Gasteiger partial charge in [-0.3, -0.25) is 4.90 Å². The Kier molecular flexibility index (Phi) is 6.34. The van der Waals surface area contributed by atoms with E-state index in [1.54, 1.807) is 0 Å². The molecule has 0 bridgehead atoms. The topological polar surface area (TPSA) is 18.5 Å². The molecule has 1 N–H and O–H groups in total. The molecule has 0 aliphatic carbocycles. The zero-order valence-electron chi connectivity index (χ0n) is 13.0. The average Bonchev–Trinajstić information content (AvgIpc) is 2.52. The molecule has 0 aromatic heterocycles. The molecule has 112 valence electrons. The van der Waals surface area contributed by atoms with Gasteiger partial charge in [-0.15, -0.1) is 0 Å². The first-order chi connectivity index (χ1) is 9.81. The number of nitrogens with one attached hydrogen (secondary N) is 1. The molecule has 0 spiro atoms. The maximum Gasteiger partial charge on any atom is 0.0367 e. The minimum Gasteiger partial charge on any atom is -0.369 e. The molecule has 1 fully saturated rings. The lowest BCUT2D eigenvalue weighted by Crippen LogP contribution is -2.49. The van der Waals surface area contributed by atoms with Crippen molar-refractivity contribution in [3.05, 3.63) is 30.3 Å². The number of rotatable bonds is 7. The summed E-state index contributed by atoms with van der Waals surface area (Å²) in [5, 5.41) is 3.41. The highest BCUT2D eigenvalue weighted by atomic mass is 15.3. The van der Waals surface area contributed by atoms with Crippen molar-refractivity contribution in [3.63, 3.8) is 0 Å². The van der Waals surface area contributed by atoms with Gasteiger partial charge in [0.05, 0.1) is 0 Å². The fourth-order valence-corrected chi connectivity index (χ4v) is 2.94. The van der Waals surface area contributed by atoms with Gasteiger partial charge in [0.15, 0.2) is 0 Å². The molecule has 20 heavy (non-hydrogen) atoms. The van der Waals surface area contributed by atoms with Crippen LogP contribution >= 0.6 is 0 Å². The van der Waals surface area contributed by atoms with Crippen LogP contribution in [-0.2, 0) is 0 Å². The van der Waals surface area contributed by atoms with Gasteiger partial charge in [-0.2, -0.15) is 0 Å². The van der Waals surface area contributed by atoms with Gasteiger partial charge in [0, 0.05) is 37.9 Å². The molecule has 1 heterocycles. The van der Waals surface area contributed by atoms with Gasteiger partial charge in [-0.1, -0.05) is 25.1 Å². The van der Waals surface area contributed by atoms with Crippen molar-refractivity contribution in [2.45, 2.75) is 32.7 Å². The van der Waals surface area contributed by atoms with Crippen LogP contribution < -0.4 is 10.2 Å². The van der Waals surface area contributed by atoms with E-state index in [2.05, 4.69) is 59.3 Å². The highest BCUT2D eigenvalue weighted by molar-refractivity contribution is 5.46. The molecule has 1 unspecified atom stereocenters. The first-order valence-corrected chi connectivity index (χ1v) is 8.06. The molecule has 1 aliphatic heterocycles. The number of piperazine rings is 1. The lowest BCUT2D eigenvalue weighted by atomic mass is 10.1. The van der Waals surface area contributed by atoms with Crippen LogP contribution in [0.25, 0.3) is 0 Å². The van der Waals surface area contributed by atoms with E-state index in [1.165, 1.54) is 31.6 Å². The number of hydrogen-bond donors (Lipinski definition) is 1. The zero-order valence-corrected chi connectivity index (χ0v) is 13.0. The van der Waals surface area contributed by atoms with Crippen molar-refractivity contribution in [3.8, 4) is 0 Å². The summed E-state index contributed by atoms with van der Waals surface area (Å²) in [6, 6.07) is 11.5. The maximum atomic E-state index is 3.41. The molecule has 0 saturated carbocycles. The number of benzene rings is 1. The van der Waals surface area contributed by atoms with E-state index >= 15 is 0 Å². The Labute approximate surface area is 124 Å². The van der Waals surface area contributed by atoms with E-state index in [9.17, 15) is 0 Å². The van der Waals surface area contributed by atoms with Crippen molar-refractivity contribution in [1.29, 1.82) is 0 Å². The predicted octanol–water partition coefficient (Wildman–Crippen LogP) is 2.59. The summed E-state index contributed by atoms with van der Waals surface area (Å²) in [6.07, 6.45) is 2.59. The highest BCUT2D eigenvalue weighted by Gasteiger charge is 2.20. The van der Waals surface area contributed by atoms with Gasteiger partial charge in [-0.25, -0.2) is 0 Å². The molecular formula is C17H29N3. The van der Waals surface area contributed by atoms with Crippen LogP contribution in [0.2, 0.25) is 0 Å². The van der Waals surface area contributed by atoms with Gasteiger partial charge in [0.2, 0.25) is 0 Å². The lowest BCUT2D eigenvalue weighted by Gasteiger charge is -2.39. The fourth-order valence-electron chi connectivity index (χ4n) is 2.94. The first-order valence-electron chi connectivity index (χ1n) is 8.06. The summed E-state index contributed by atoms with van der Waals surface area (Å²) < 4.78 is 0. The van der Waals surface area contributed by atoms with E-state index < -0.39 is 0 Å². The molecule has 1 saturated heterocycles. The minimum atomic E-state index is 0.714. The Morgan fingerprint density at radius 3 is 2.45 bits per heavy atom. The molecule has 1 aliphatic rings. The smallest absolute Gasteiger partial charge is 0.0367 e. The van der Waals surface area contributed by atoms with Gasteiger partial charge >= 0.3 is 0 Å². The third-order valence-corrected chi connectivity index (χ3v) is 4.28. The molecule has 0 amide bonds. The van der Waals surface area contributed by atoms with Gasteiger partial charge < -0.3 is 10.2 Å². The third-order valence-electron chi connectivity index (χ3n) is 4.28. The number of nitrogens with zero attached hydrogens (tertiary/aromatic N) is 2. The summed E-state index contributed by atoms with van der Waals surface area (Å²) in [7, 11) is 0. The van der Waals surface area contributed by atoms with Crippen LogP contribution in [0.5, 0.6) is 0 Å². The predicted molar refractivity (Wildman–Crippen MR) is 87.5 cm³/mol. The maximum absolute atomic E-state index is 3.41. The second-order valence-electron chi connectivity index (χ2n) is 5.70. The van der Waals surface area contributed by atoms with E-state index in [4.69, 9.17) is 0 Å². The van der Waals surface area contributed by atoms with Crippen LogP contribution in [0.15, 0.2) is 30.3 Å². The summed E-state index contributed by atoms with van der Waals surface area (Å²) in [6.45, 7) is 11.5. The van der Waals surface area contributed by atoms with E-state index in [0.717, 1.165) is 26.2 Å². The Balaban J connectivity index is 1.71. The van der Waals surface area contributed by atoms with E-state index in [1.807, 2.05) is 0 Å². The Morgan fingerprint density at radius 1 is 1.10 bits per heavy atom. The Bertz CT molecular complexity index is 358. The van der Waals surface area contributed by atoms with Crippen molar-refractivity contribution in [2.24, 2.45) is 0 Å². The molecule has 2 rings (SSSR count). The van der Waals surface area contributed by atoms with Crippen molar-refractivity contribution < 1.29 is 0 Å². The Morgan fingerprint density at radius 2 is 1.80 bits per heavy atom. The summed E-state index contributed by atoms with van der Waals surface area (Å²) in [4.78, 5) is 5.15. The van der Waals surface area contributed by atoms with Crippen LogP contribution in [0.4, 0.5) is 5.69 Å². The number of hydrogen-bond acceptors (Lipinski definition) is 3. The van der Waals surface area contributed by atoms with E-state index in [-0.39, 0.29) is 0 Å². The largest absolute Gasteiger partial charge is 0.369 e. The van der Waals surface area contributed by atoms with E-state index in [0.29, 0.717) is 6.04 Å². The average molecular weight is 275 g/mol. The third kappa shape index (κ3) is 4.50. The molecule has 1 aromatic rings. The lowest BCUT2D eigenvalue weighted by molar-refractivity contribution is 0.186. The first kappa shape index (κ1) is 15.3. The SMILES string of the molecule is CCNCCCC(C)N1CCN(c2ccccc2)CC1. The van der Waals surface area contributed by atoms with Gasteiger partial charge in [0.1, 0.15) is 0 Å². The van der Waals surface area contributed by atoms with Crippen molar-refractivity contribution in [1.82, 2.24) is 10.2 Å². The zero-order chi connectivity index (χ0) is 14.2. The van der Waals surface area contributed by atoms with Crippen LogP contribution in [0.1, 0.15) is 26.7 Å². The summed E-state index contributed by atoms with van der Waals surface area (Å²) in [5.41, 5.74) is 1.37. The van der Waals surface area contributed by atoms with Crippen LogP contribution in [-0.4, -0.2) is 50.2 Å². The standard InChI is InChI=1S/C17H29N3/c1-3-18-11-7-8-16(2)19-12-14-20(15-13-19)17-9-5-4-6-10-17/h4-6,9-10,16,18H,3,7-8,11-15H2,1-2H3. The summed E-state index contributed by atoms with van der Waals surface area (Å²) >= 11 is 0. The molecular weight excluding hydrogens is 246 g/mol. The quantitative estimate of drug-likeness (QED) is 0.772. The van der Waals surface area contributed by atoms with Crippen LogP contribution in [0, 0.1) is 0 Å². The molecule has 0 radical (unpaired) electrons. The summed E-state index contributed by atoms with van der Waals surface area (Å²) in [5.74, 6) is 0.